The van der Waals surface area contributed by atoms with Gasteiger partial charge < -0.3 is 15.7 Å². The fourth-order valence-corrected chi connectivity index (χ4v) is 2.35. The van der Waals surface area contributed by atoms with Gasteiger partial charge in [-0.25, -0.2) is 0 Å². The fraction of sp³-hybridized carbons (Fsp3) is 0.133. The summed E-state index contributed by atoms with van der Waals surface area (Å²) in [7, 11) is 0. The van der Waals surface area contributed by atoms with Gasteiger partial charge in [-0.2, -0.15) is 0 Å². The van der Waals surface area contributed by atoms with Gasteiger partial charge in [0.05, 0.1) is 12.2 Å². The molecule has 0 saturated carbocycles. The molecule has 0 radical (unpaired) electrons. The highest BCUT2D eigenvalue weighted by Crippen LogP contribution is 2.30. The summed E-state index contributed by atoms with van der Waals surface area (Å²) in [5.74, 6) is -0.188. The molecule has 19 heavy (non-hydrogen) atoms. The lowest BCUT2D eigenvalue weighted by molar-refractivity contribution is 0.0843. The molecule has 4 heteroatoms. The van der Waals surface area contributed by atoms with Gasteiger partial charge in [0, 0.05) is 5.69 Å². The van der Waals surface area contributed by atoms with Gasteiger partial charge in [0.25, 0.3) is 5.91 Å². The Kier molecular flexibility index (Phi) is 2.72. The molecule has 0 aliphatic carbocycles. The van der Waals surface area contributed by atoms with E-state index in [0.717, 1.165) is 11.3 Å². The normalized spacial score (nSPS) is 21.2. The number of benzene rings is 2. The Labute approximate surface area is 111 Å². The van der Waals surface area contributed by atoms with Crippen LogP contribution in [0.25, 0.3) is 0 Å². The van der Waals surface area contributed by atoms with Gasteiger partial charge in [-0.3, -0.25) is 4.79 Å². The smallest absolute Gasteiger partial charge is 0.255 e. The van der Waals surface area contributed by atoms with Gasteiger partial charge in [0.1, 0.15) is 0 Å². The van der Waals surface area contributed by atoms with Crippen LogP contribution in [0.4, 0.5) is 5.69 Å². The van der Waals surface area contributed by atoms with Crippen LogP contribution in [-0.2, 0) is 5.66 Å². The first-order chi connectivity index (χ1) is 9.25. The van der Waals surface area contributed by atoms with Crippen molar-refractivity contribution in [2.75, 3.05) is 11.9 Å². The van der Waals surface area contributed by atoms with Gasteiger partial charge in [0.2, 0.25) is 0 Å². The SMILES string of the molecule is O=C1N[C@@](CO)(c2ccccc2)Nc2ccccc21. The molecule has 1 atom stereocenters. The number of hydrogen-bond donors (Lipinski definition) is 3. The van der Waals surface area contributed by atoms with Crippen LogP contribution >= 0.6 is 0 Å². The third-order valence-corrected chi connectivity index (χ3v) is 3.35. The number of aliphatic hydroxyl groups is 1. The van der Waals surface area contributed by atoms with Crippen LogP contribution < -0.4 is 10.6 Å². The maximum Gasteiger partial charge on any atom is 0.255 e. The summed E-state index contributed by atoms with van der Waals surface area (Å²) in [6.45, 7) is -0.225. The topological polar surface area (TPSA) is 61.4 Å². The quantitative estimate of drug-likeness (QED) is 0.764. The Bertz CT molecular complexity index is 613. The maximum atomic E-state index is 12.2. The molecule has 3 rings (SSSR count). The Morgan fingerprint density at radius 1 is 0.947 bits per heavy atom. The Morgan fingerprint density at radius 2 is 1.63 bits per heavy atom. The van der Waals surface area contributed by atoms with Gasteiger partial charge in [-0.05, 0) is 17.7 Å². The molecule has 1 aliphatic heterocycles. The molecule has 0 aromatic heterocycles. The van der Waals surface area contributed by atoms with Crippen molar-refractivity contribution in [3.8, 4) is 0 Å². The number of hydrogen-bond acceptors (Lipinski definition) is 3. The van der Waals surface area contributed by atoms with Crippen molar-refractivity contribution in [2.45, 2.75) is 5.66 Å². The van der Waals surface area contributed by atoms with Gasteiger partial charge >= 0.3 is 0 Å². The zero-order valence-corrected chi connectivity index (χ0v) is 10.3. The van der Waals surface area contributed by atoms with Crippen LogP contribution in [0.3, 0.4) is 0 Å². The first-order valence-corrected chi connectivity index (χ1v) is 6.11. The lowest BCUT2D eigenvalue weighted by atomic mass is 9.95. The van der Waals surface area contributed by atoms with Crippen molar-refractivity contribution in [3.63, 3.8) is 0 Å². The first kappa shape index (κ1) is 11.7. The maximum absolute atomic E-state index is 12.2. The fourth-order valence-electron chi connectivity index (χ4n) is 2.35. The number of anilines is 1. The van der Waals surface area contributed by atoms with Crippen LogP contribution in [0.5, 0.6) is 0 Å². The summed E-state index contributed by atoms with van der Waals surface area (Å²) in [5, 5.41) is 15.8. The predicted octanol–water partition coefficient (Wildman–Crippen LogP) is 1.69. The summed E-state index contributed by atoms with van der Waals surface area (Å²) in [6.07, 6.45) is 0. The van der Waals surface area contributed by atoms with E-state index in [2.05, 4.69) is 10.6 Å². The largest absolute Gasteiger partial charge is 0.392 e. The average molecular weight is 254 g/mol. The van der Waals surface area contributed by atoms with Crippen molar-refractivity contribution in [1.29, 1.82) is 0 Å². The van der Waals surface area contributed by atoms with E-state index in [9.17, 15) is 9.90 Å². The number of rotatable bonds is 2. The number of carbonyl (C=O) groups is 1. The van der Waals surface area contributed by atoms with Crippen LogP contribution in [0, 0.1) is 0 Å². The summed E-state index contributed by atoms with van der Waals surface area (Å²) in [5.41, 5.74) is 1.17. The van der Waals surface area contributed by atoms with E-state index in [0.29, 0.717) is 5.56 Å². The number of para-hydroxylation sites is 1. The Hall–Kier alpha value is -2.33. The number of nitrogens with one attached hydrogen (secondary N) is 2. The van der Waals surface area contributed by atoms with E-state index >= 15 is 0 Å². The third-order valence-electron chi connectivity index (χ3n) is 3.35. The second-order valence-corrected chi connectivity index (χ2v) is 4.55. The molecule has 1 heterocycles. The molecule has 1 aliphatic rings. The molecular formula is C15H14N2O2. The van der Waals surface area contributed by atoms with Gasteiger partial charge in [0.15, 0.2) is 5.66 Å². The van der Waals surface area contributed by atoms with E-state index < -0.39 is 5.66 Å². The summed E-state index contributed by atoms with van der Waals surface area (Å²) < 4.78 is 0. The van der Waals surface area contributed by atoms with E-state index in [-0.39, 0.29) is 12.5 Å². The summed E-state index contributed by atoms with van der Waals surface area (Å²) in [6, 6.07) is 16.7. The lowest BCUT2D eigenvalue weighted by Gasteiger charge is -2.39. The lowest BCUT2D eigenvalue weighted by Crippen LogP contribution is -2.57. The summed E-state index contributed by atoms with van der Waals surface area (Å²) in [4.78, 5) is 12.2. The Balaban J connectivity index is 2.09. The third kappa shape index (κ3) is 1.86. The van der Waals surface area contributed by atoms with Gasteiger partial charge in [-0.15, -0.1) is 0 Å². The molecule has 0 spiro atoms. The van der Waals surface area contributed by atoms with E-state index in [4.69, 9.17) is 0 Å². The highest BCUT2D eigenvalue weighted by atomic mass is 16.3. The molecule has 4 nitrogen and oxygen atoms in total. The van der Waals surface area contributed by atoms with Crippen molar-refractivity contribution < 1.29 is 9.90 Å². The van der Waals surface area contributed by atoms with Crippen LogP contribution in [0.2, 0.25) is 0 Å². The zero-order chi connectivity index (χ0) is 13.3. The first-order valence-electron chi connectivity index (χ1n) is 6.11. The van der Waals surface area contributed by atoms with Crippen molar-refractivity contribution in [2.24, 2.45) is 0 Å². The molecule has 0 saturated heterocycles. The second-order valence-electron chi connectivity index (χ2n) is 4.55. The summed E-state index contributed by atoms with van der Waals surface area (Å²) >= 11 is 0. The second kappa shape index (κ2) is 4.40. The predicted molar refractivity (Wildman–Crippen MR) is 72.7 cm³/mol. The molecule has 0 unspecified atom stereocenters. The van der Waals surface area contributed by atoms with E-state index in [1.54, 1.807) is 6.07 Å². The molecule has 0 bridgehead atoms. The van der Waals surface area contributed by atoms with Crippen molar-refractivity contribution in [1.82, 2.24) is 5.32 Å². The number of aliphatic hydroxyl groups excluding tert-OH is 1. The molecular weight excluding hydrogens is 240 g/mol. The molecule has 2 aromatic carbocycles. The Morgan fingerprint density at radius 3 is 2.37 bits per heavy atom. The highest BCUT2D eigenvalue weighted by molar-refractivity contribution is 6.02. The zero-order valence-electron chi connectivity index (χ0n) is 10.3. The minimum Gasteiger partial charge on any atom is -0.392 e. The number of amides is 1. The van der Waals surface area contributed by atoms with Crippen LogP contribution in [-0.4, -0.2) is 17.6 Å². The van der Waals surface area contributed by atoms with Gasteiger partial charge in [-0.1, -0.05) is 42.5 Å². The standard InChI is InChI=1S/C15H14N2O2/c18-10-15(11-6-2-1-3-7-11)16-13-9-5-4-8-12(13)14(19)17-15/h1-9,16,18H,10H2,(H,17,19)/t15-/m0/s1. The van der Waals surface area contributed by atoms with Crippen molar-refractivity contribution in [3.05, 3.63) is 65.7 Å². The minimum absolute atomic E-state index is 0.188. The van der Waals surface area contributed by atoms with Crippen LogP contribution in [0.1, 0.15) is 15.9 Å². The molecule has 0 fully saturated rings. The van der Waals surface area contributed by atoms with E-state index in [1.807, 2.05) is 48.5 Å². The molecule has 1 amide bonds. The average Bonchev–Trinajstić information content (AvgIpc) is 2.48. The van der Waals surface area contributed by atoms with Crippen LogP contribution in [0.15, 0.2) is 54.6 Å². The highest BCUT2D eigenvalue weighted by Gasteiger charge is 2.38. The van der Waals surface area contributed by atoms with E-state index in [1.165, 1.54) is 0 Å². The number of carbonyl (C=O) groups excluding carboxylic acids is 1. The number of fused-ring (bicyclic) bond motifs is 1. The monoisotopic (exact) mass is 254 g/mol. The van der Waals surface area contributed by atoms with Crippen molar-refractivity contribution >= 4 is 11.6 Å². The molecule has 3 N–H and O–H groups in total. The molecule has 96 valence electrons. The molecule has 2 aromatic rings. The minimum atomic E-state index is -0.966.